The molecule has 108 valence electrons. The van der Waals surface area contributed by atoms with Crippen LogP contribution in [0.5, 0.6) is 0 Å². The molecule has 0 fully saturated rings. The largest absolute Gasteiger partial charge is 0.352 e. The van der Waals surface area contributed by atoms with Crippen molar-refractivity contribution in [2.45, 2.75) is 6.42 Å². The lowest BCUT2D eigenvalue weighted by atomic mass is 10.2. The molecule has 2 heterocycles. The van der Waals surface area contributed by atoms with Gasteiger partial charge in [-0.25, -0.2) is 0 Å². The topological polar surface area (TPSA) is 72.2 Å². The minimum absolute atomic E-state index is 0.236. The number of carbonyl (C=O) groups excluding carboxylic acids is 1. The minimum atomic E-state index is -0.236. The van der Waals surface area contributed by atoms with Crippen LogP contribution in [0.25, 0.3) is 4.96 Å². The van der Waals surface area contributed by atoms with E-state index < -0.39 is 0 Å². The average Bonchev–Trinajstić information content (AvgIpc) is 2.99. The standard InChI is InChI=1S/C12H9Cl2N5OS/c13-7-1-2-8(9(14)5-7)11(20)15-4-3-10-18-19-6-16-17-12(19)21-10/h1-2,5-6H,3-4H2,(H,15,20). The molecule has 1 N–H and O–H groups in total. The third kappa shape index (κ3) is 3.15. The monoisotopic (exact) mass is 341 g/mol. The maximum absolute atomic E-state index is 12.0. The summed E-state index contributed by atoms with van der Waals surface area (Å²) in [5, 5.41) is 16.4. The normalized spacial score (nSPS) is 11.0. The second kappa shape index (κ2) is 5.97. The van der Waals surface area contributed by atoms with Gasteiger partial charge in [0, 0.05) is 18.0 Å². The highest BCUT2D eigenvalue weighted by Crippen LogP contribution is 2.20. The maximum atomic E-state index is 12.0. The summed E-state index contributed by atoms with van der Waals surface area (Å²) in [5.41, 5.74) is 0.402. The quantitative estimate of drug-likeness (QED) is 0.791. The van der Waals surface area contributed by atoms with Gasteiger partial charge in [-0.05, 0) is 18.2 Å². The Kier molecular flexibility index (Phi) is 4.05. The van der Waals surface area contributed by atoms with Crippen LogP contribution in [0.15, 0.2) is 24.5 Å². The van der Waals surface area contributed by atoms with E-state index in [0.717, 1.165) is 9.97 Å². The first-order valence-corrected chi connectivity index (χ1v) is 7.60. The molecule has 0 aliphatic carbocycles. The predicted molar refractivity (Wildman–Crippen MR) is 81.2 cm³/mol. The van der Waals surface area contributed by atoms with Gasteiger partial charge in [0.15, 0.2) is 0 Å². The summed E-state index contributed by atoms with van der Waals surface area (Å²) in [4.78, 5) is 12.7. The molecular weight excluding hydrogens is 333 g/mol. The Morgan fingerprint density at radius 3 is 3.00 bits per heavy atom. The molecule has 2 aromatic heterocycles. The third-order valence-electron chi connectivity index (χ3n) is 2.73. The van der Waals surface area contributed by atoms with Crippen molar-refractivity contribution in [1.82, 2.24) is 25.1 Å². The average molecular weight is 342 g/mol. The van der Waals surface area contributed by atoms with Gasteiger partial charge in [-0.15, -0.1) is 10.2 Å². The fraction of sp³-hybridized carbons (Fsp3) is 0.167. The van der Waals surface area contributed by atoms with Crippen molar-refractivity contribution < 1.29 is 4.79 Å². The molecule has 0 unspecified atom stereocenters. The molecule has 0 atom stereocenters. The molecule has 9 heteroatoms. The van der Waals surface area contributed by atoms with E-state index in [-0.39, 0.29) is 5.91 Å². The van der Waals surface area contributed by atoms with E-state index in [1.807, 2.05) is 0 Å². The van der Waals surface area contributed by atoms with Crippen LogP contribution in [0.2, 0.25) is 10.0 Å². The van der Waals surface area contributed by atoms with E-state index in [1.54, 1.807) is 29.0 Å². The molecule has 0 bridgehead atoms. The van der Waals surface area contributed by atoms with Crippen molar-refractivity contribution in [3.63, 3.8) is 0 Å². The first-order chi connectivity index (χ1) is 10.1. The highest BCUT2D eigenvalue weighted by molar-refractivity contribution is 7.16. The van der Waals surface area contributed by atoms with Gasteiger partial charge < -0.3 is 5.32 Å². The second-order valence-electron chi connectivity index (χ2n) is 4.18. The van der Waals surface area contributed by atoms with Crippen molar-refractivity contribution >= 4 is 45.4 Å². The number of amides is 1. The molecule has 0 saturated heterocycles. The molecule has 0 spiro atoms. The number of hydrogen-bond acceptors (Lipinski definition) is 5. The van der Waals surface area contributed by atoms with Gasteiger partial charge in [-0.2, -0.15) is 9.61 Å². The Balaban J connectivity index is 1.59. The summed E-state index contributed by atoms with van der Waals surface area (Å²) in [6.45, 7) is 0.460. The molecule has 3 rings (SSSR count). The summed E-state index contributed by atoms with van der Waals surface area (Å²) in [6.07, 6.45) is 2.16. The molecule has 0 aliphatic rings. The summed E-state index contributed by atoms with van der Waals surface area (Å²) in [7, 11) is 0. The summed E-state index contributed by atoms with van der Waals surface area (Å²) >= 11 is 13.2. The number of hydrogen-bond donors (Lipinski definition) is 1. The van der Waals surface area contributed by atoms with E-state index in [4.69, 9.17) is 23.2 Å². The van der Waals surface area contributed by atoms with Gasteiger partial charge >= 0.3 is 0 Å². The zero-order chi connectivity index (χ0) is 14.8. The van der Waals surface area contributed by atoms with Crippen LogP contribution in [0.1, 0.15) is 15.4 Å². The SMILES string of the molecule is O=C(NCCc1nn2cnnc2s1)c1ccc(Cl)cc1Cl. The molecule has 0 aliphatic heterocycles. The number of rotatable bonds is 4. The molecular formula is C12H9Cl2N5OS. The molecule has 6 nitrogen and oxygen atoms in total. The van der Waals surface area contributed by atoms with Crippen molar-refractivity contribution in [2.24, 2.45) is 0 Å². The highest BCUT2D eigenvalue weighted by atomic mass is 35.5. The number of benzene rings is 1. The van der Waals surface area contributed by atoms with Gasteiger partial charge in [-0.1, -0.05) is 34.5 Å². The number of nitrogens with zero attached hydrogens (tertiary/aromatic N) is 4. The smallest absolute Gasteiger partial charge is 0.252 e. The number of fused-ring (bicyclic) bond motifs is 1. The first-order valence-electron chi connectivity index (χ1n) is 6.02. The van der Waals surface area contributed by atoms with Crippen molar-refractivity contribution in [1.29, 1.82) is 0 Å². The molecule has 1 amide bonds. The molecule has 0 radical (unpaired) electrons. The third-order valence-corrected chi connectivity index (χ3v) is 4.25. The zero-order valence-electron chi connectivity index (χ0n) is 10.6. The summed E-state index contributed by atoms with van der Waals surface area (Å²) < 4.78 is 1.61. The first kappa shape index (κ1) is 14.2. The summed E-state index contributed by atoms with van der Waals surface area (Å²) in [5.74, 6) is -0.236. The van der Waals surface area contributed by atoms with E-state index in [1.165, 1.54) is 11.3 Å². The van der Waals surface area contributed by atoms with Crippen LogP contribution in [0.4, 0.5) is 0 Å². The van der Waals surface area contributed by atoms with Crippen LogP contribution in [0, 0.1) is 0 Å². The number of aromatic nitrogens is 4. The molecule has 1 aromatic carbocycles. The van der Waals surface area contributed by atoms with Gasteiger partial charge in [0.05, 0.1) is 10.6 Å². The Morgan fingerprint density at radius 2 is 2.24 bits per heavy atom. The van der Waals surface area contributed by atoms with Gasteiger partial charge in [0.25, 0.3) is 5.91 Å². The number of nitrogens with one attached hydrogen (secondary N) is 1. The lowest BCUT2D eigenvalue weighted by molar-refractivity contribution is 0.0954. The lowest BCUT2D eigenvalue weighted by Crippen LogP contribution is -2.25. The van der Waals surface area contributed by atoms with Gasteiger partial charge in [-0.3, -0.25) is 4.79 Å². The van der Waals surface area contributed by atoms with E-state index in [2.05, 4.69) is 20.6 Å². The Bertz CT molecular complexity index is 771. The maximum Gasteiger partial charge on any atom is 0.252 e. The Labute approximate surface area is 133 Å². The van der Waals surface area contributed by atoms with Crippen molar-refractivity contribution in [3.8, 4) is 0 Å². The number of halogens is 2. The number of carbonyl (C=O) groups is 1. The lowest BCUT2D eigenvalue weighted by Gasteiger charge is -2.05. The molecule has 21 heavy (non-hydrogen) atoms. The van der Waals surface area contributed by atoms with Crippen molar-refractivity contribution in [3.05, 3.63) is 45.1 Å². The van der Waals surface area contributed by atoms with Crippen LogP contribution in [-0.4, -0.2) is 32.3 Å². The van der Waals surface area contributed by atoms with Crippen LogP contribution >= 0.6 is 34.5 Å². The summed E-state index contributed by atoms with van der Waals surface area (Å²) in [6, 6.07) is 4.77. The van der Waals surface area contributed by atoms with Crippen LogP contribution in [0.3, 0.4) is 0 Å². The minimum Gasteiger partial charge on any atom is -0.352 e. The fourth-order valence-electron chi connectivity index (χ4n) is 1.75. The Morgan fingerprint density at radius 1 is 1.38 bits per heavy atom. The fourth-order valence-corrected chi connectivity index (χ4v) is 3.06. The zero-order valence-corrected chi connectivity index (χ0v) is 12.9. The van der Waals surface area contributed by atoms with Crippen LogP contribution in [-0.2, 0) is 6.42 Å². The van der Waals surface area contributed by atoms with E-state index in [0.29, 0.717) is 28.6 Å². The van der Waals surface area contributed by atoms with Gasteiger partial charge in [0.2, 0.25) is 4.96 Å². The van der Waals surface area contributed by atoms with Gasteiger partial charge in [0.1, 0.15) is 11.3 Å². The van der Waals surface area contributed by atoms with Crippen LogP contribution < -0.4 is 5.32 Å². The highest BCUT2D eigenvalue weighted by Gasteiger charge is 2.11. The Hall–Kier alpha value is -1.70. The predicted octanol–water partition coefficient (Wildman–Crippen LogP) is 2.47. The second-order valence-corrected chi connectivity index (χ2v) is 6.07. The van der Waals surface area contributed by atoms with Crippen molar-refractivity contribution in [2.75, 3.05) is 6.54 Å². The molecule has 3 aromatic rings. The van der Waals surface area contributed by atoms with E-state index in [9.17, 15) is 4.79 Å². The van der Waals surface area contributed by atoms with E-state index >= 15 is 0 Å². The molecule has 0 saturated carbocycles.